The number of rotatable bonds is 5. The van der Waals surface area contributed by atoms with Crippen molar-refractivity contribution < 1.29 is 9.47 Å². The molecular weight excluding hydrogens is 311 g/mol. The Morgan fingerprint density at radius 2 is 1.90 bits per heavy atom. The second-order valence-corrected chi connectivity index (χ2v) is 5.41. The van der Waals surface area contributed by atoms with Gasteiger partial charge in [0.1, 0.15) is 0 Å². The summed E-state index contributed by atoms with van der Waals surface area (Å²) in [5, 5.41) is 0.759. The number of nitrogens with zero attached hydrogens (tertiary/aromatic N) is 2. The van der Waals surface area contributed by atoms with Crippen molar-refractivity contribution >= 4 is 24.0 Å². The van der Waals surface area contributed by atoms with Crippen LogP contribution >= 0.6 is 24.0 Å². The Bertz CT molecular complexity index is 537. The smallest absolute Gasteiger partial charge is 0.186 e. The molecule has 0 spiro atoms. The third-order valence-corrected chi connectivity index (χ3v) is 3.76. The van der Waals surface area contributed by atoms with Gasteiger partial charge in [-0.1, -0.05) is 23.7 Å². The van der Waals surface area contributed by atoms with Crippen LogP contribution in [0.25, 0.3) is 0 Å². The van der Waals surface area contributed by atoms with Crippen molar-refractivity contribution in [1.82, 2.24) is 9.55 Å². The van der Waals surface area contributed by atoms with Crippen molar-refractivity contribution in [2.75, 3.05) is 13.2 Å². The lowest BCUT2D eigenvalue weighted by Crippen LogP contribution is -2.35. The maximum atomic E-state index is 5.90. The predicted octanol–water partition coefficient (Wildman–Crippen LogP) is 3.33. The molecule has 1 aromatic carbocycles. The fraction of sp³-hybridized carbons (Fsp3) is 0.400. The second kappa shape index (κ2) is 7.27. The highest BCUT2D eigenvalue weighted by Gasteiger charge is 2.36. The van der Waals surface area contributed by atoms with E-state index in [2.05, 4.69) is 4.98 Å². The van der Waals surface area contributed by atoms with E-state index in [1.165, 1.54) is 5.56 Å². The Morgan fingerprint density at radius 1 is 1.19 bits per heavy atom. The van der Waals surface area contributed by atoms with Crippen molar-refractivity contribution in [1.29, 1.82) is 0 Å². The zero-order valence-corrected chi connectivity index (χ0v) is 13.1. The first-order chi connectivity index (χ1) is 9.76. The molecule has 21 heavy (non-hydrogen) atoms. The lowest BCUT2D eigenvalue weighted by Gasteiger charge is -2.27. The Hall–Kier alpha value is -1.07. The molecule has 0 unspecified atom stereocenters. The molecule has 4 nitrogen and oxygen atoms in total. The van der Waals surface area contributed by atoms with Gasteiger partial charge >= 0.3 is 0 Å². The van der Waals surface area contributed by atoms with Gasteiger partial charge in [-0.15, -0.1) is 12.4 Å². The van der Waals surface area contributed by atoms with Gasteiger partial charge in [0.2, 0.25) is 0 Å². The number of imidazole rings is 1. The van der Waals surface area contributed by atoms with Crippen molar-refractivity contribution in [3.63, 3.8) is 0 Å². The summed E-state index contributed by atoms with van der Waals surface area (Å²) in [4.78, 5) is 4.06. The number of benzene rings is 1. The summed E-state index contributed by atoms with van der Waals surface area (Å²) in [6.45, 7) is 1.96. The molecule has 0 radical (unpaired) electrons. The van der Waals surface area contributed by atoms with Crippen molar-refractivity contribution in [2.24, 2.45) is 0 Å². The van der Waals surface area contributed by atoms with Gasteiger partial charge in [-0.3, -0.25) is 0 Å². The summed E-state index contributed by atoms with van der Waals surface area (Å²) in [5.41, 5.74) is 1.23. The largest absolute Gasteiger partial charge is 0.346 e. The molecule has 0 saturated carbocycles. The van der Waals surface area contributed by atoms with Crippen LogP contribution in [0.15, 0.2) is 43.0 Å². The maximum Gasteiger partial charge on any atom is 0.186 e. The molecule has 0 N–H and O–H groups in total. The Balaban J connectivity index is 0.00000161. The topological polar surface area (TPSA) is 36.3 Å². The monoisotopic (exact) mass is 328 g/mol. The van der Waals surface area contributed by atoms with Crippen LogP contribution in [0.1, 0.15) is 12.0 Å². The zero-order valence-electron chi connectivity index (χ0n) is 11.6. The molecule has 1 aliphatic rings. The number of aromatic nitrogens is 2. The third kappa shape index (κ3) is 4.20. The van der Waals surface area contributed by atoms with E-state index in [1.54, 1.807) is 12.5 Å². The van der Waals surface area contributed by atoms with Crippen molar-refractivity contribution in [3.8, 4) is 0 Å². The average Bonchev–Trinajstić information content (AvgIpc) is 3.11. The molecule has 6 heteroatoms. The molecule has 114 valence electrons. The van der Waals surface area contributed by atoms with E-state index in [0.29, 0.717) is 19.8 Å². The minimum Gasteiger partial charge on any atom is -0.346 e. The van der Waals surface area contributed by atoms with Crippen LogP contribution in [-0.4, -0.2) is 28.6 Å². The fourth-order valence-corrected chi connectivity index (χ4v) is 2.58. The molecule has 0 amide bonds. The van der Waals surface area contributed by atoms with E-state index < -0.39 is 5.79 Å². The quantitative estimate of drug-likeness (QED) is 0.844. The molecule has 0 bridgehead atoms. The van der Waals surface area contributed by atoms with Gasteiger partial charge in [0.25, 0.3) is 0 Å². The highest BCUT2D eigenvalue weighted by Crippen LogP contribution is 2.27. The summed E-state index contributed by atoms with van der Waals surface area (Å²) >= 11 is 5.90. The number of halogens is 2. The molecule has 3 rings (SSSR count). The second-order valence-electron chi connectivity index (χ2n) is 4.97. The van der Waals surface area contributed by atoms with Gasteiger partial charge in [0, 0.05) is 23.8 Å². The van der Waals surface area contributed by atoms with Crippen LogP contribution < -0.4 is 0 Å². The highest BCUT2D eigenvalue weighted by molar-refractivity contribution is 6.30. The zero-order chi connectivity index (χ0) is 13.8. The number of hydrogen-bond acceptors (Lipinski definition) is 3. The SMILES string of the molecule is Cl.Clc1ccc(CCC2(Cn3ccnc3)OCCO2)cc1. The molecule has 2 aromatic rings. The molecule has 1 aliphatic heterocycles. The molecule has 2 heterocycles. The molecule has 1 saturated heterocycles. The van der Waals surface area contributed by atoms with Crippen LogP contribution in [-0.2, 0) is 22.4 Å². The van der Waals surface area contributed by atoms with E-state index in [-0.39, 0.29) is 12.4 Å². The first-order valence-electron chi connectivity index (χ1n) is 6.74. The van der Waals surface area contributed by atoms with Crippen LogP contribution in [0.2, 0.25) is 5.02 Å². The molecule has 0 atom stereocenters. The first-order valence-corrected chi connectivity index (χ1v) is 7.12. The minimum atomic E-state index is -0.541. The van der Waals surface area contributed by atoms with Gasteiger partial charge < -0.3 is 14.0 Å². The Labute approximate surface area is 135 Å². The van der Waals surface area contributed by atoms with E-state index in [0.717, 1.165) is 17.9 Å². The van der Waals surface area contributed by atoms with Gasteiger partial charge in [-0.05, 0) is 24.1 Å². The minimum absolute atomic E-state index is 0. The number of aryl methyl sites for hydroxylation is 1. The van der Waals surface area contributed by atoms with Crippen LogP contribution in [0.4, 0.5) is 0 Å². The molecule has 1 aromatic heterocycles. The summed E-state index contributed by atoms with van der Waals surface area (Å²) in [7, 11) is 0. The van der Waals surface area contributed by atoms with Crippen molar-refractivity contribution in [2.45, 2.75) is 25.2 Å². The molecular formula is C15H18Cl2N2O2. The lowest BCUT2D eigenvalue weighted by atomic mass is 10.0. The summed E-state index contributed by atoms with van der Waals surface area (Å²) in [5.74, 6) is -0.541. The van der Waals surface area contributed by atoms with Crippen LogP contribution in [0.5, 0.6) is 0 Å². The predicted molar refractivity (Wildman–Crippen MR) is 83.9 cm³/mol. The van der Waals surface area contributed by atoms with Crippen molar-refractivity contribution in [3.05, 3.63) is 53.6 Å². The Kier molecular flexibility index (Phi) is 5.65. The van der Waals surface area contributed by atoms with Crippen LogP contribution in [0, 0.1) is 0 Å². The van der Waals surface area contributed by atoms with Gasteiger partial charge in [0.15, 0.2) is 5.79 Å². The normalized spacial score (nSPS) is 16.6. The van der Waals surface area contributed by atoms with Gasteiger partial charge in [0.05, 0.1) is 26.1 Å². The standard InChI is InChI=1S/C15H17ClN2O2.ClH/c16-14-3-1-13(2-4-14)5-6-15(19-9-10-20-15)11-18-8-7-17-12-18;/h1-4,7-8,12H,5-6,9-11H2;1H. The lowest BCUT2D eigenvalue weighted by molar-refractivity contribution is -0.171. The number of hydrogen-bond donors (Lipinski definition) is 0. The third-order valence-electron chi connectivity index (χ3n) is 3.50. The van der Waals surface area contributed by atoms with E-state index >= 15 is 0 Å². The summed E-state index contributed by atoms with van der Waals surface area (Å²) in [6.07, 6.45) is 7.19. The van der Waals surface area contributed by atoms with Gasteiger partial charge in [-0.2, -0.15) is 0 Å². The summed E-state index contributed by atoms with van der Waals surface area (Å²) < 4.78 is 13.7. The Morgan fingerprint density at radius 3 is 2.52 bits per heavy atom. The molecule has 1 fully saturated rings. The number of ether oxygens (including phenoxy) is 2. The van der Waals surface area contributed by atoms with E-state index in [9.17, 15) is 0 Å². The average molecular weight is 329 g/mol. The van der Waals surface area contributed by atoms with Gasteiger partial charge in [-0.25, -0.2) is 4.98 Å². The maximum absolute atomic E-state index is 5.90. The van der Waals surface area contributed by atoms with E-state index in [4.69, 9.17) is 21.1 Å². The van der Waals surface area contributed by atoms with E-state index in [1.807, 2.05) is 35.0 Å². The summed E-state index contributed by atoms with van der Waals surface area (Å²) in [6, 6.07) is 7.91. The van der Waals surface area contributed by atoms with Crippen LogP contribution in [0.3, 0.4) is 0 Å². The fourth-order valence-electron chi connectivity index (χ4n) is 2.46. The first kappa shape index (κ1) is 16.3. The highest BCUT2D eigenvalue weighted by atomic mass is 35.5. The molecule has 0 aliphatic carbocycles.